The van der Waals surface area contributed by atoms with Crippen LogP contribution in [0, 0.1) is 13.8 Å². The zero-order chi connectivity index (χ0) is 17.5. The molecule has 0 N–H and O–H groups in total. The van der Waals surface area contributed by atoms with Crippen LogP contribution in [0.5, 0.6) is 0 Å². The van der Waals surface area contributed by atoms with E-state index >= 15 is 0 Å². The Labute approximate surface area is 197 Å². The van der Waals surface area contributed by atoms with Gasteiger partial charge in [0.2, 0.25) is 0 Å². The molecule has 0 saturated carbocycles. The third-order valence-electron chi connectivity index (χ3n) is 3.90. The summed E-state index contributed by atoms with van der Waals surface area (Å²) in [5.74, 6) is 0. The first-order valence-electron chi connectivity index (χ1n) is 9.52. The Morgan fingerprint density at radius 1 is 0.769 bits per heavy atom. The fraction of sp³-hybridized carbons (Fsp3) is 0.545. The molecule has 0 aliphatic rings. The molecule has 150 valence electrons. The molecule has 0 aliphatic carbocycles. The second-order valence-electron chi connectivity index (χ2n) is 6.38. The zero-order valence-electron chi connectivity index (χ0n) is 17.7. The summed E-state index contributed by atoms with van der Waals surface area (Å²) < 4.78 is 0. The molecule has 2 aromatic rings. The van der Waals surface area contributed by atoms with E-state index in [1.807, 2.05) is 0 Å². The Morgan fingerprint density at radius 2 is 1.08 bits per heavy atom. The molecule has 26 heavy (non-hydrogen) atoms. The van der Waals surface area contributed by atoms with Crippen LogP contribution in [0.2, 0.25) is 13.1 Å². The predicted octanol–water partition coefficient (Wildman–Crippen LogP) is 7.21. The van der Waals surface area contributed by atoms with Crippen LogP contribution in [0.4, 0.5) is 0 Å². The van der Waals surface area contributed by atoms with E-state index in [9.17, 15) is 0 Å². The minimum absolute atomic E-state index is 0. The molecule has 0 spiro atoms. The van der Waals surface area contributed by atoms with Gasteiger partial charge in [-0.3, -0.25) is 0 Å². The molecule has 4 heteroatoms. The smallest absolute Gasteiger partial charge is 0.210 e. The van der Waals surface area contributed by atoms with Crippen molar-refractivity contribution in [2.75, 3.05) is 0 Å². The molecule has 0 aliphatic heterocycles. The van der Waals surface area contributed by atoms with Crippen molar-refractivity contribution in [1.82, 2.24) is 0 Å². The number of rotatable bonds is 6. The minimum atomic E-state index is 0. The molecule has 0 saturated heterocycles. The normalized spacial score (nSPS) is 8.54. The van der Waals surface area contributed by atoms with Crippen LogP contribution in [0.1, 0.15) is 61.8 Å². The summed E-state index contributed by atoms with van der Waals surface area (Å²) in [6, 6.07) is 13.1. The van der Waals surface area contributed by atoms with Crippen LogP contribution >= 0.6 is 24.8 Å². The van der Waals surface area contributed by atoms with Crippen molar-refractivity contribution in [2.24, 2.45) is 0 Å². The third-order valence-corrected chi connectivity index (χ3v) is 3.90. The quantitative estimate of drug-likeness (QED) is 0.294. The van der Waals surface area contributed by atoms with Gasteiger partial charge < -0.3 is 0 Å². The molecule has 0 atom stereocenters. The van der Waals surface area contributed by atoms with E-state index < -0.39 is 0 Å². The van der Waals surface area contributed by atoms with Crippen LogP contribution in [-0.4, -0.2) is 9.52 Å². The van der Waals surface area contributed by atoms with Crippen LogP contribution in [0.15, 0.2) is 36.4 Å². The summed E-state index contributed by atoms with van der Waals surface area (Å²) >= 11 is 0. The van der Waals surface area contributed by atoms with Crippen LogP contribution in [-0.2, 0) is 39.0 Å². The fourth-order valence-electron chi connectivity index (χ4n) is 2.39. The first kappa shape index (κ1) is 33.9. The van der Waals surface area contributed by atoms with Gasteiger partial charge in [0.25, 0.3) is 0 Å². The Hall–Kier alpha value is 0.380. The van der Waals surface area contributed by atoms with Gasteiger partial charge in [-0.25, -0.2) is 12.1 Å². The topological polar surface area (TPSA) is 0 Å². The van der Waals surface area contributed by atoms with Gasteiger partial charge in [-0.05, 0) is 0 Å². The Kier molecular flexibility index (Phi) is 30.6. The monoisotopic (exact) mass is 492 g/mol. The molecule has 0 heterocycles. The number of unbranched alkanes of at least 4 members (excludes halogenated alkanes) is 2. The third kappa shape index (κ3) is 16.5. The molecular formula is C22H40Cl2SiZr. The van der Waals surface area contributed by atoms with E-state index in [0.29, 0.717) is 9.52 Å². The maximum atomic E-state index is 2.26. The van der Waals surface area contributed by atoms with Crippen molar-refractivity contribution < 1.29 is 26.2 Å². The largest absolute Gasteiger partial charge is 2.00 e. The number of aryl methyl sites for hydroxylation is 4. The number of hydrogen-bond donors (Lipinski definition) is 0. The molecule has 2 aromatic carbocycles. The van der Waals surface area contributed by atoms with Gasteiger partial charge in [0, 0.05) is 9.52 Å². The van der Waals surface area contributed by atoms with Crippen molar-refractivity contribution >= 4 is 34.3 Å². The maximum absolute atomic E-state index is 2.26. The molecule has 0 nitrogen and oxygen atoms in total. The molecular weight excluding hydrogens is 454 g/mol. The molecule has 0 aromatic heterocycles. The van der Waals surface area contributed by atoms with Crippen molar-refractivity contribution in [3.05, 3.63) is 58.7 Å². The predicted molar refractivity (Wildman–Crippen MR) is 126 cm³/mol. The van der Waals surface area contributed by atoms with Gasteiger partial charge in [0.15, 0.2) is 0 Å². The Morgan fingerprint density at radius 3 is 1.27 bits per heavy atom. The van der Waals surface area contributed by atoms with Crippen molar-refractivity contribution in [3.8, 4) is 0 Å². The van der Waals surface area contributed by atoms with Crippen molar-refractivity contribution in [2.45, 2.75) is 79.3 Å². The van der Waals surface area contributed by atoms with Crippen LogP contribution < -0.4 is 0 Å². The van der Waals surface area contributed by atoms with E-state index in [0.717, 1.165) is 0 Å². The van der Waals surface area contributed by atoms with E-state index in [-0.39, 0.29) is 51.0 Å². The van der Waals surface area contributed by atoms with Gasteiger partial charge >= 0.3 is 26.2 Å². The number of halogens is 2. The van der Waals surface area contributed by atoms with E-state index in [4.69, 9.17) is 0 Å². The second kappa shape index (κ2) is 23.4. The maximum Gasteiger partial charge on any atom is 2.00 e. The Balaban J connectivity index is -0.000000147. The SMILES string of the molecule is CCCCc1cc[cH-]c1C.CCCCc1cc[cH-]c1C.C[SiH2]C.Cl.Cl.[Zr+2]. The Bertz CT molecular complexity index is 448. The van der Waals surface area contributed by atoms with Crippen LogP contribution in [0.25, 0.3) is 0 Å². The molecule has 0 amide bonds. The molecule has 0 radical (unpaired) electrons. The molecule has 0 fully saturated rings. The molecule has 0 unspecified atom stereocenters. The standard InChI is InChI=1S/2C10H15.C2H8Si.2ClH.Zr/c2*1-3-4-7-10-8-5-6-9(10)2;1-3-2;;;/h2*5-6,8H,3-4,7H2,1-2H3;3H2,1-2H3;2*1H;/q2*-1;;;;+2. The van der Waals surface area contributed by atoms with Gasteiger partial charge in [-0.2, -0.15) is 46.5 Å². The van der Waals surface area contributed by atoms with Crippen molar-refractivity contribution in [3.63, 3.8) is 0 Å². The number of hydrogen-bond acceptors (Lipinski definition) is 0. The second-order valence-corrected chi connectivity index (χ2v) is 7.80. The summed E-state index contributed by atoms with van der Waals surface area (Å²) in [5, 5.41) is 0. The van der Waals surface area contributed by atoms with Gasteiger partial charge in [0.05, 0.1) is 0 Å². The summed E-state index contributed by atoms with van der Waals surface area (Å²) in [4.78, 5) is 0. The average Bonchev–Trinajstić information content (AvgIpc) is 3.13. The molecule has 0 bridgehead atoms. The van der Waals surface area contributed by atoms with Crippen LogP contribution in [0.3, 0.4) is 0 Å². The first-order valence-corrected chi connectivity index (χ1v) is 12.4. The van der Waals surface area contributed by atoms with Gasteiger partial charge in [-0.15, -0.1) is 24.8 Å². The zero-order valence-corrected chi connectivity index (χ0v) is 23.2. The summed E-state index contributed by atoms with van der Waals surface area (Å²) in [5.41, 5.74) is 5.96. The van der Waals surface area contributed by atoms with E-state index in [1.54, 1.807) is 0 Å². The van der Waals surface area contributed by atoms with E-state index in [1.165, 1.54) is 60.8 Å². The summed E-state index contributed by atoms with van der Waals surface area (Å²) in [6.07, 6.45) is 7.76. The van der Waals surface area contributed by atoms with E-state index in [2.05, 4.69) is 77.2 Å². The fourth-order valence-corrected chi connectivity index (χ4v) is 2.39. The minimum Gasteiger partial charge on any atom is -0.210 e. The summed E-state index contributed by atoms with van der Waals surface area (Å²) in [7, 11) is 0.417. The summed E-state index contributed by atoms with van der Waals surface area (Å²) in [6.45, 7) is 13.4. The molecule has 2 rings (SSSR count). The van der Waals surface area contributed by atoms with Gasteiger partial charge in [0.1, 0.15) is 0 Å². The van der Waals surface area contributed by atoms with Gasteiger partial charge in [-0.1, -0.05) is 79.3 Å². The average molecular weight is 495 g/mol. The van der Waals surface area contributed by atoms with Crippen molar-refractivity contribution in [1.29, 1.82) is 0 Å². The first-order chi connectivity index (χ1) is 11.1.